The zero-order valence-corrected chi connectivity index (χ0v) is 15.0. The first-order valence-corrected chi connectivity index (χ1v) is 9.17. The van der Waals surface area contributed by atoms with Gasteiger partial charge in [-0.2, -0.15) is 0 Å². The third-order valence-electron chi connectivity index (χ3n) is 4.90. The minimum absolute atomic E-state index is 0.163. The van der Waals surface area contributed by atoms with E-state index >= 15 is 0 Å². The van der Waals surface area contributed by atoms with Gasteiger partial charge in [0.25, 0.3) is 5.91 Å². The molecule has 4 rings (SSSR count). The molecule has 3 heterocycles. The fraction of sp³-hybridized carbons (Fsp3) is 0.350. The maximum absolute atomic E-state index is 12.4. The summed E-state index contributed by atoms with van der Waals surface area (Å²) >= 11 is 0. The number of phenolic OH excluding ortho intramolecular Hbond substituents is 1. The number of carbonyl (C=O) groups excluding carboxylic acids is 1. The van der Waals surface area contributed by atoms with Crippen LogP contribution in [0.15, 0.2) is 42.9 Å². The van der Waals surface area contributed by atoms with Crippen molar-refractivity contribution in [3.63, 3.8) is 0 Å². The largest absolute Gasteiger partial charge is 0.508 e. The molecule has 0 unspecified atom stereocenters. The molecule has 1 aliphatic rings. The van der Waals surface area contributed by atoms with E-state index in [1.54, 1.807) is 30.7 Å². The molecule has 0 aliphatic carbocycles. The van der Waals surface area contributed by atoms with Gasteiger partial charge in [-0.3, -0.25) is 4.79 Å². The molecule has 140 valence electrons. The summed E-state index contributed by atoms with van der Waals surface area (Å²) in [7, 11) is 0. The summed E-state index contributed by atoms with van der Waals surface area (Å²) in [6.07, 6.45) is 6.01. The molecule has 1 amide bonds. The van der Waals surface area contributed by atoms with E-state index in [1.165, 1.54) is 0 Å². The van der Waals surface area contributed by atoms with Crippen molar-refractivity contribution in [1.82, 2.24) is 19.9 Å². The number of hydrogen-bond acceptors (Lipinski definition) is 5. The normalized spacial score (nSPS) is 15.1. The first-order chi connectivity index (χ1) is 13.2. The van der Waals surface area contributed by atoms with E-state index in [-0.39, 0.29) is 11.7 Å². The number of nitrogens with one attached hydrogen (secondary N) is 1. The summed E-state index contributed by atoms with van der Waals surface area (Å²) in [5.41, 5.74) is 3.09. The van der Waals surface area contributed by atoms with Crippen LogP contribution in [-0.4, -0.2) is 45.3 Å². The van der Waals surface area contributed by atoms with Crippen molar-refractivity contribution < 1.29 is 14.6 Å². The van der Waals surface area contributed by atoms with Crippen LogP contribution in [0.2, 0.25) is 0 Å². The van der Waals surface area contributed by atoms with Gasteiger partial charge in [0, 0.05) is 32.0 Å². The standard InChI is InChI=1S/C20H22N4O3/c25-17-3-1-14(2-4-17)5-8-21-20(26)15-11-18-19(22-12-15)24(13-23-18)16-6-9-27-10-7-16/h1-4,11-13,16,25H,5-10H2,(H,21,26). The number of fused-ring (bicyclic) bond motifs is 1. The van der Waals surface area contributed by atoms with E-state index in [0.29, 0.717) is 24.6 Å². The molecular formula is C20H22N4O3. The second-order valence-electron chi connectivity index (χ2n) is 6.73. The molecule has 1 saturated heterocycles. The van der Waals surface area contributed by atoms with E-state index in [2.05, 4.69) is 19.9 Å². The molecule has 1 fully saturated rings. The maximum atomic E-state index is 12.4. The molecule has 0 spiro atoms. The zero-order chi connectivity index (χ0) is 18.6. The second-order valence-corrected chi connectivity index (χ2v) is 6.73. The molecular weight excluding hydrogens is 344 g/mol. The molecule has 0 radical (unpaired) electrons. The highest BCUT2D eigenvalue weighted by Gasteiger charge is 2.19. The third kappa shape index (κ3) is 3.93. The quantitative estimate of drug-likeness (QED) is 0.724. The number of aromatic hydroxyl groups is 1. The number of phenols is 1. The van der Waals surface area contributed by atoms with Crippen molar-refractivity contribution in [2.75, 3.05) is 19.8 Å². The highest BCUT2D eigenvalue weighted by atomic mass is 16.5. The number of carbonyl (C=O) groups is 1. The Labute approximate surface area is 157 Å². The summed E-state index contributed by atoms with van der Waals surface area (Å²) in [6, 6.07) is 9.11. The van der Waals surface area contributed by atoms with E-state index < -0.39 is 0 Å². The van der Waals surface area contributed by atoms with Crippen LogP contribution in [0.3, 0.4) is 0 Å². The van der Waals surface area contributed by atoms with Gasteiger partial charge in [0.05, 0.1) is 11.9 Å². The number of pyridine rings is 1. The van der Waals surface area contributed by atoms with Crippen molar-refractivity contribution in [2.24, 2.45) is 0 Å². The highest BCUT2D eigenvalue weighted by molar-refractivity contribution is 5.96. The van der Waals surface area contributed by atoms with E-state index in [4.69, 9.17) is 4.74 Å². The molecule has 3 aromatic rings. The van der Waals surface area contributed by atoms with Gasteiger partial charge in [0.15, 0.2) is 5.65 Å². The molecule has 27 heavy (non-hydrogen) atoms. The van der Waals surface area contributed by atoms with Crippen LogP contribution < -0.4 is 5.32 Å². The Kier molecular flexibility index (Phi) is 5.02. The molecule has 7 nitrogen and oxygen atoms in total. The van der Waals surface area contributed by atoms with Crippen LogP contribution in [0.1, 0.15) is 34.8 Å². The van der Waals surface area contributed by atoms with Gasteiger partial charge in [0.2, 0.25) is 0 Å². The van der Waals surface area contributed by atoms with Gasteiger partial charge in [-0.1, -0.05) is 12.1 Å². The summed E-state index contributed by atoms with van der Waals surface area (Å²) in [5.74, 6) is 0.0751. The lowest BCUT2D eigenvalue weighted by molar-refractivity contribution is 0.0704. The highest BCUT2D eigenvalue weighted by Crippen LogP contribution is 2.24. The monoisotopic (exact) mass is 366 g/mol. The number of nitrogens with zero attached hydrogens (tertiary/aromatic N) is 3. The molecule has 7 heteroatoms. The summed E-state index contributed by atoms with van der Waals surface area (Å²) < 4.78 is 7.50. The zero-order valence-electron chi connectivity index (χ0n) is 15.0. The third-order valence-corrected chi connectivity index (χ3v) is 4.90. The lowest BCUT2D eigenvalue weighted by atomic mass is 10.1. The van der Waals surface area contributed by atoms with Gasteiger partial charge in [-0.15, -0.1) is 0 Å². The van der Waals surface area contributed by atoms with Crippen molar-refractivity contribution in [2.45, 2.75) is 25.3 Å². The summed E-state index contributed by atoms with van der Waals surface area (Å²) in [6.45, 7) is 2.02. The Morgan fingerprint density at radius 1 is 1.22 bits per heavy atom. The second kappa shape index (κ2) is 7.75. The maximum Gasteiger partial charge on any atom is 0.252 e. The van der Waals surface area contributed by atoms with Crippen molar-refractivity contribution in [3.05, 3.63) is 54.0 Å². The van der Waals surface area contributed by atoms with Crippen LogP contribution in [-0.2, 0) is 11.2 Å². The minimum Gasteiger partial charge on any atom is -0.508 e. The number of aromatic nitrogens is 3. The summed E-state index contributed by atoms with van der Waals surface area (Å²) in [5, 5.41) is 12.2. The van der Waals surface area contributed by atoms with Gasteiger partial charge in [-0.25, -0.2) is 9.97 Å². The topological polar surface area (TPSA) is 89.3 Å². The molecule has 0 bridgehead atoms. The SMILES string of the molecule is O=C(NCCc1ccc(O)cc1)c1cnc2c(c1)ncn2C1CCOCC1. The average molecular weight is 366 g/mol. The first-order valence-electron chi connectivity index (χ1n) is 9.17. The van der Waals surface area contributed by atoms with Crippen molar-refractivity contribution >= 4 is 17.1 Å². The molecule has 2 N–H and O–H groups in total. The number of ether oxygens (including phenoxy) is 1. The Balaban J connectivity index is 1.40. The predicted octanol–water partition coefficient (Wildman–Crippen LogP) is 2.46. The predicted molar refractivity (Wildman–Crippen MR) is 101 cm³/mol. The number of hydrogen-bond donors (Lipinski definition) is 2. The number of rotatable bonds is 5. The fourth-order valence-corrected chi connectivity index (χ4v) is 3.36. The van der Waals surface area contributed by atoms with E-state index in [1.807, 2.05) is 12.1 Å². The Bertz CT molecular complexity index is 930. The average Bonchev–Trinajstić information content (AvgIpc) is 3.13. The Morgan fingerprint density at radius 2 is 2.00 bits per heavy atom. The van der Waals surface area contributed by atoms with Gasteiger partial charge in [-0.05, 0) is 43.0 Å². The Hall–Kier alpha value is -2.93. The van der Waals surface area contributed by atoms with Crippen molar-refractivity contribution in [3.8, 4) is 5.75 Å². The van der Waals surface area contributed by atoms with Crippen LogP contribution in [0.25, 0.3) is 11.2 Å². The van der Waals surface area contributed by atoms with Crippen LogP contribution in [0.4, 0.5) is 0 Å². The van der Waals surface area contributed by atoms with Crippen molar-refractivity contribution in [1.29, 1.82) is 0 Å². The van der Waals surface area contributed by atoms with Crippen LogP contribution in [0.5, 0.6) is 5.75 Å². The first kappa shape index (κ1) is 17.5. The molecule has 0 saturated carbocycles. The molecule has 1 aromatic carbocycles. The number of imidazole rings is 1. The van der Waals surface area contributed by atoms with Crippen LogP contribution in [0, 0.1) is 0 Å². The number of benzene rings is 1. The van der Waals surface area contributed by atoms with Crippen LogP contribution >= 0.6 is 0 Å². The molecule has 1 aliphatic heterocycles. The lowest BCUT2D eigenvalue weighted by Crippen LogP contribution is -2.25. The van der Waals surface area contributed by atoms with E-state index in [9.17, 15) is 9.90 Å². The smallest absolute Gasteiger partial charge is 0.252 e. The lowest BCUT2D eigenvalue weighted by Gasteiger charge is -2.23. The summed E-state index contributed by atoms with van der Waals surface area (Å²) in [4.78, 5) is 21.3. The van der Waals surface area contributed by atoms with E-state index in [0.717, 1.165) is 42.8 Å². The van der Waals surface area contributed by atoms with Gasteiger partial charge >= 0.3 is 0 Å². The molecule has 0 atom stereocenters. The van der Waals surface area contributed by atoms with Gasteiger partial charge < -0.3 is 19.7 Å². The van der Waals surface area contributed by atoms with Gasteiger partial charge in [0.1, 0.15) is 11.3 Å². The fourth-order valence-electron chi connectivity index (χ4n) is 3.36. The number of amides is 1. The molecule has 2 aromatic heterocycles. The minimum atomic E-state index is -0.163. The Morgan fingerprint density at radius 3 is 2.78 bits per heavy atom.